The molecule has 1 heterocycles. The summed E-state index contributed by atoms with van der Waals surface area (Å²) in [7, 11) is 3.56. The van der Waals surface area contributed by atoms with Crippen LogP contribution in [-0.2, 0) is 24.2 Å². The van der Waals surface area contributed by atoms with E-state index in [-0.39, 0.29) is 5.91 Å². The molecule has 2 N–H and O–H groups in total. The van der Waals surface area contributed by atoms with Gasteiger partial charge in [0.1, 0.15) is 0 Å². The Morgan fingerprint density at radius 2 is 2.00 bits per heavy atom. The van der Waals surface area contributed by atoms with Gasteiger partial charge in [0.2, 0.25) is 5.91 Å². The van der Waals surface area contributed by atoms with Gasteiger partial charge in [-0.25, -0.2) is 0 Å². The van der Waals surface area contributed by atoms with Crippen LogP contribution in [0.4, 0.5) is 5.69 Å². The molecule has 0 fully saturated rings. The van der Waals surface area contributed by atoms with Crippen molar-refractivity contribution in [3.05, 3.63) is 11.4 Å². The minimum Gasteiger partial charge on any atom is -0.396 e. The Bertz CT molecular complexity index is 409. The molecule has 0 aliphatic heterocycles. The second kappa shape index (κ2) is 6.42. The molecule has 0 radical (unpaired) electrons. The summed E-state index contributed by atoms with van der Waals surface area (Å²) in [5.41, 5.74) is 8.92. The van der Waals surface area contributed by atoms with Crippen molar-refractivity contribution in [2.24, 2.45) is 0 Å². The molecule has 1 rings (SSSR count). The molecule has 0 saturated heterocycles. The number of aryl methyl sites for hydroxylation is 2. The molecule has 5 heteroatoms. The Hall–Kier alpha value is -1.52. The fraction of sp³-hybridized carbons (Fsp3) is 0.692. The first kappa shape index (κ1) is 14.5. The zero-order valence-corrected chi connectivity index (χ0v) is 11.9. The average molecular weight is 252 g/mol. The Balaban J connectivity index is 2.64. The predicted molar refractivity (Wildman–Crippen MR) is 73.3 cm³/mol. The van der Waals surface area contributed by atoms with Crippen molar-refractivity contribution in [3.8, 4) is 0 Å². The summed E-state index contributed by atoms with van der Waals surface area (Å²) in [6.45, 7) is 4.89. The number of nitrogen functional groups attached to an aromatic ring is 1. The van der Waals surface area contributed by atoms with Crippen molar-refractivity contribution in [1.82, 2.24) is 14.7 Å². The molecule has 0 saturated carbocycles. The van der Waals surface area contributed by atoms with Gasteiger partial charge in [-0.15, -0.1) is 0 Å². The van der Waals surface area contributed by atoms with E-state index in [1.165, 1.54) is 0 Å². The molecule has 1 aromatic heterocycles. The molecule has 0 aliphatic carbocycles. The lowest BCUT2D eigenvalue weighted by Gasteiger charge is -2.10. The summed E-state index contributed by atoms with van der Waals surface area (Å²) < 4.78 is 1.96. The zero-order chi connectivity index (χ0) is 13.7. The molecule has 0 aliphatic rings. The van der Waals surface area contributed by atoms with Crippen molar-refractivity contribution in [3.63, 3.8) is 0 Å². The number of hydrogen-bond donors (Lipinski definition) is 1. The molecule has 1 amide bonds. The maximum absolute atomic E-state index is 11.5. The van der Waals surface area contributed by atoms with Gasteiger partial charge in [-0.05, 0) is 19.3 Å². The predicted octanol–water partition coefficient (Wildman–Crippen LogP) is 1.46. The lowest BCUT2D eigenvalue weighted by atomic mass is 10.2. The van der Waals surface area contributed by atoms with Crippen LogP contribution in [0.25, 0.3) is 0 Å². The van der Waals surface area contributed by atoms with Gasteiger partial charge in [0.15, 0.2) is 0 Å². The lowest BCUT2D eigenvalue weighted by molar-refractivity contribution is -0.128. The SMILES string of the molecule is CCc1nn(CCCC(=O)N(C)C)c(CC)c1N. The minimum absolute atomic E-state index is 0.156. The molecule has 0 atom stereocenters. The van der Waals surface area contributed by atoms with Crippen LogP contribution >= 0.6 is 0 Å². The Morgan fingerprint density at radius 1 is 1.33 bits per heavy atom. The van der Waals surface area contributed by atoms with E-state index in [4.69, 9.17) is 5.73 Å². The average Bonchev–Trinajstić information content (AvgIpc) is 2.64. The Morgan fingerprint density at radius 3 is 2.50 bits per heavy atom. The fourth-order valence-electron chi connectivity index (χ4n) is 1.99. The van der Waals surface area contributed by atoms with Crippen molar-refractivity contribution in [1.29, 1.82) is 0 Å². The van der Waals surface area contributed by atoms with E-state index in [2.05, 4.69) is 18.9 Å². The van der Waals surface area contributed by atoms with Crippen LogP contribution in [0.2, 0.25) is 0 Å². The van der Waals surface area contributed by atoms with Crippen LogP contribution in [0.1, 0.15) is 38.1 Å². The second-order valence-corrected chi connectivity index (χ2v) is 4.63. The van der Waals surface area contributed by atoms with Gasteiger partial charge >= 0.3 is 0 Å². The monoisotopic (exact) mass is 252 g/mol. The first-order chi connectivity index (χ1) is 8.51. The van der Waals surface area contributed by atoms with Gasteiger partial charge in [-0.2, -0.15) is 5.10 Å². The standard InChI is InChI=1S/C13H24N4O/c1-5-10-13(14)11(6-2)17(15-10)9-7-8-12(18)16(3)4/h5-9,14H2,1-4H3. The molecule has 0 bridgehead atoms. The second-order valence-electron chi connectivity index (χ2n) is 4.63. The van der Waals surface area contributed by atoms with Crippen molar-refractivity contribution in [2.75, 3.05) is 19.8 Å². The Labute approximate surface area is 109 Å². The van der Waals surface area contributed by atoms with Gasteiger partial charge in [0, 0.05) is 27.1 Å². The van der Waals surface area contributed by atoms with E-state index in [0.717, 1.165) is 42.9 Å². The molecule has 0 unspecified atom stereocenters. The molecule has 0 aromatic carbocycles. The van der Waals surface area contributed by atoms with Crippen LogP contribution in [0.5, 0.6) is 0 Å². The number of amides is 1. The molecular formula is C13H24N4O. The Kier molecular flexibility index (Phi) is 5.19. The number of carbonyl (C=O) groups is 1. The van der Waals surface area contributed by atoms with Crippen LogP contribution in [0.3, 0.4) is 0 Å². The highest BCUT2D eigenvalue weighted by atomic mass is 16.2. The van der Waals surface area contributed by atoms with Gasteiger partial charge in [-0.3, -0.25) is 9.48 Å². The topological polar surface area (TPSA) is 64.2 Å². The third-order valence-electron chi connectivity index (χ3n) is 3.10. The maximum atomic E-state index is 11.5. The van der Waals surface area contributed by atoms with Crippen molar-refractivity contribution < 1.29 is 4.79 Å². The normalized spacial score (nSPS) is 10.7. The summed E-state index contributed by atoms with van der Waals surface area (Å²) in [6.07, 6.45) is 3.08. The summed E-state index contributed by atoms with van der Waals surface area (Å²) in [5.74, 6) is 0.156. The lowest BCUT2D eigenvalue weighted by Crippen LogP contribution is -2.21. The van der Waals surface area contributed by atoms with Crippen LogP contribution < -0.4 is 5.73 Å². The largest absolute Gasteiger partial charge is 0.396 e. The fourth-order valence-corrected chi connectivity index (χ4v) is 1.99. The van der Waals surface area contributed by atoms with Crippen LogP contribution in [0, 0.1) is 0 Å². The van der Waals surface area contributed by atoms with E-state index in [1.807, 2.05) is 4.68 Å². The number of nitrogens with zero attached hydrogens (tertiary/aromatic N) is 3. The first-order valence-electron chi connectivity index (χ1n) is 6.55. The van der Waals surface area contributed by atoms with Gasteiger partial charge < -0.3 is 10.6 Å². The van der Waals surface area contributed by atoms with Crippen molar-refractivity contribution >= 4 is 11.6 Å². The quantitative estimate of drug-likeness (QED) is 0.833. The van der Waals surface area contributed by atoms with E-state index >= 15 is 0 Å². The number of aromatic nitrogens is 2. The number of rotatable bonds is 6. The first-order valence-corrected chi connectivity index (χ1v) is 6.55. The molecule has 1 aromatic rings. The summed E-state index contributed by atoms with van der Waals surface area (Å²) in [6, 6.07) is 0. The number of hydrogen-bond acceptors (Lipinski definition) is 3. The molecule has 18 heavy (non-hydrogen) atoms. The van der Waals surface area contributed by atoms with E-state index in [0.29, 0.717) is 6.42 Å². The van der Waals surface area contributed by atoms with Gasteiger partial charge in [0.25, 0.3) is 0 Å². The zero-order valence-electron chi connectivity index (χ0n) is 11.9. The summed E-state index contributed by atoms with van der Waals surface area (Å²) in [5, 5.41) is 4.51. The van der Waals surface area contributed by atoms with E-state index < -0.39 is 0 Å². The van der Waals surface area contributed by atoms with Crippen LogP contribution in [-0.4, -0.2) is 34.7 Å². The molecule has 5 nitrogen and oxygen atoms in total. The highest BCUT2D eigenvalue weighted by Gasteiger charge is 2.12. The third-order valence-corrected chi connectivity index (χ3v) is 3.10. The summed E-state index contributed by atoms with van der Waals surface area (Å²) >= 11 is 0. The maximum Gasteiger partial charge on any atom is 0.222 e. The van der Waals surface area contributed by atoms with E-state index in [1.54, 1.807) is 19.0 Å². The third kappa shape index (κ3) is 3.24. The molecule has 0 spiro atoms. The van der Waals surface area contributed by atoms with E-state index in [9.17, 15) is 4.79 Å². The summed E-state index contributed by atoms with van der Waals surface area (Å²) in [4.78, 5) is 13.1. The van der Waals surface area contributed by atoms with Crippen LogP contribution in [0.15, 0.2) is 0 Å². The van der Waals surface area contributed by atoms with Gasteiger partial charge in [-0.1, -0.05) is 13.8 Å². The van der Waals surface area contributed by atoms with Crippen molar-refractivity contribution in [2.45, 2.75) is 46.1 Å². The smallest absolute Gasteiger partial charge is 0.222 e. The number of nitrogens with two attached hydrogens (primary N) is 1. The van der Waals surface area contributed by atoms with Gasteiger partial charge in [0.05, 0.1) is 17.1 Å². The highest BCUT2D eigenvalue weighted by Crippen LogP contribution is 2.18. The molecular weight excluding hydrogens is 228 g/mol. The number of carbonyl (C=O) groups excluding carboxylic acids is 1. The number of anilines is 1. The minimum atomic E-state index is 0.156. The highest BCUT2D eigenvalue weighted by molar-refractivity contribution is 5.75. The molecule has 102 valence electrons.